The molecule has 0 fully saturated rings. The van der Waals surface area contributed by atoms with Gasteiger partial charge in [-0.2, -0.15) is 5.10 Å². The minimum Gasteiger partial charge on any atom is -0.397 e. The van der Waals surface area contributed by atoms with Gasteiger partial charge in [0.15, 0.2) is 0 Å². The molecule has 18 heavy (non-hydrogen) atoms. The first-order chi connectivity index (χ1) is 8.54. The number of thiazole rings is 1. The van der Waals surface area contributed by atoms with Gasteiger partial charge in [-0.1, -0.05) is 0 Å². The molecular weight excluding hydrogens is 244 g/mol. The number of nitrogen functional groups attached to an aromatic ring is 1. The van der Waals surface area contributed by atoms with Gasteiger partial charge >= 0.3 is 0 Å². The molecule has 3 rings (SSSR count). The molecule has 0 saturated heterocycles. The molecule has 2 aromatic heterocycles. The highest BCUT2D eigenvalue weighted by Gasteiger charge is 2.10. The number of nitrogens with zero attached hydrogens (tertiary/aromatic N) is 3. The van der Waals surface area contributed by atoms with E-state index >= 15 is 0 Å². The van der Waals surface area contributed by atoms with E-state index in [0.717, 1.165) is 38.0 Å². The van der Waals surface area contributed by atoms with E-state index in [9.17, 15) is 0 Å². The van der Waals surface area contributed by atoms with Gasteiger partial charge in [0.05, 0.1) is 32.3 Å². The summed E-state index contributed by atoms with van der Waals surface area (Å²) in [4.78, 5) is 4.50. The zero-order valence-electron chi connectivity index (χ0n) is 10.6. The van der Waals surface area contributed by atoms with Crippen molar-refractivity contribution in [2.24, 2.45) is 0 Å². The lowest BCUT2D eigenvalue weighted by atomic mass is 10.2. The van der Waals surface area contributed by atoms with E-state index in [1.54, 1.807) is 11.3 Å². The molecule has 0 aliphatic carbocycles. The first kappa shape index (κ1) is 11.2. The highest BCUT2D eigenvalue weighted by atomic mass is 32.1. The van der Waals surface area contributed by atoms with Crippen LogP contribution in [0.4, 0.5) is 5.69 Å². The number of anilines is 1. The Balaban J connectivity index is 2.28. The van der Waals surface area contributed by atoms with Gasteiger partial charge in [0.1, 0.15) is 0 Å². The van der Waals surface area contributed by atoms with Crippen molar-refractivity contribution >= 4 is 27.2 Å². The van der Waals surface area contributed by atoms with E-state index in [4.69, 9.17) is 5.73 Å². The Morgan fingerprint density at radius 3 is 2.61 bits per heavy atom. The standard InChI is InChI=1S/C13H14N4S/c1-7-4-8(2)17(16-7)12-6-11-13(5-10(12)14)18-9(3)15-11/h4-6H,14H2,1-3H3. The van der Waals surface area contributed by atoms with Gasteiger partial charge in [-0.25, -0.2) is 9.67 Å². The van der Waals surface area contributed by atoms with Crippen molar-refractivity contribution in [3.63, 3.8) is 0 Å². The summed E-state index contributed by atoms with van der Waals surface area (Å²) >= 11 is 1.66. The van der Waals surface area contributed by atoms with Crippen molar-refractivity contribution < 1.29 is 0 Å². The van der Waals surface area contributed by atoms with Crippen molar-refractivity contribution in [3.05, 3.63) is 34.6 Å². The van der Waals surface area contributed by atoms with Crippen LogP contribution in [0.2, 0.25) is 0 Å². The minimum absolute atomic E-state index is 0.734. The molecule has 0 radical (unpaired) electrons. The largest absolute Gasteiger partial charge is 0.397 e. The first-order valence-electron chi connectivity index (χ1n) is 5.75. The molecule has 2 N–H and O–H groups in total. The van der Waals surface area contributed by atoms with Crippen molar-refractivity contribution in [1.29, 1.82) is 0 Å². The van der Waals surface area contributed by atoms with Crippen LogP contribution in [-0.2, 0) is 0 Å². The van der Waals surface area contributed by atoms with Crippen LogP contribution in [0, 0.1) is 20.8 Å². The molecule has 0 bridgehead atoms. The quantitative estimate of drug-likeness (QED) is 0.683. The summed E-state index contributed by atoms with van der Waals surface area (Å²) in [6.45, 7) is 6.00. The average Bonchev–Trinajstić information content (AvgIpc) is 2.79. The summed E-state index contributed by atoms with van der Waals surface area (Å²) in [6.07, 6.45) is 0. The number of hydrogen-bond acceptors (Lipinski definition) is 4. The van der Waals surface area contributed by atoms with Crippen LogP contribution < -0.4 is 5.73 Å². The molecule has 0 aliphatic rings. The molecule has 0 saturated carbocycles. The molecule has 0 atom stereocenters. The lowest BCUT2D eigenvalue weighted by Crippen LogP contribution is -2.03. The highest BCUT2D eigenvalue weighted by molar-refractivity contribution is 7.18. The fourth-order valence-corrected chi connectivity index (χ4v) is 3.01. The van der Waals surface area contributed by atoms with Gasteiger partial charge in [0, 0.05) is 5.69 Å². The Kier molecular flexibility index (Phi) is 2.38. The van der Waals surface area contributed by atoms with Gasteiger partial charge in [-0.3, -0.25) is 0 Å². The lowest BCUT2D eigenvalue weighted by molar-refractivity contribution is 0.836. The van der Waals surface area contributed by atoms with Crippen LogP contribution >= 0.6 is 11.3 Å². The van der Waals surface area contributed by atoms with Crippen molar-refractivity contribution in [2.75, 3.05) is 5.73 Å². The van der Waals surface area contributed by atoms with E-state index in [1.165, 1.54) is 0 Å². The van der Waals surface area contributed by atoms with Crippen LogP contribution in [0.1, 0.15) is 16.4 Å². The Labute approximate surface area is 109 Å². The lowest BCUT2D eigenvalue weighted by Gasteiger charge is -2.07. The van der Waals surface area contributed by atoms with E-state index in [2.05, 4.69) is 10.1 Å². The summed E-state index contributed by atoms with van der Waals surface area (Å²) in [5.41, 5.74) is 10.8. The van der Waals surface area contributed by atoms with Gasteiger partial charge < -0.3 is 5.73 Å². The third kappa shape index (κ3) is 1.67. The summed E-state index contributed by atoms with van der Waals surface area (Å²) in [6, 6.07) is 6.02. The number of nitrogens with two attached hydrogens (primary N) is 1. The molecule has 4 nitrogen and oxygen atoms in total. The number of fused-ring (bicyclic) bond motifs is 1. The molecule has 1 aromatic carbocycles. The second-order valence-corrected chi connectivity index (χ2v) is 5.69. The predicted molar refractivity (Wildman–Crippen MR) is 75.4 cm³/mol. The Bertz CT molecular complexity index is 739. The second-order valence-electron chi connectivity index (χ2n) is 4.45. The average molecular weight is 258 g/mol. The maximum Gasteiger partial charge on any atom is 0.0907 e. The molecule has 0 unspecified atom stereocenters. The molecule has 5 heteroatoms. The smallest absolute Gasteiger partial charge is 0.0907 e. The molecule has 0 spiro atoms. The van der Waals surface area contributed by atoms with Crippen LogP contribution in [0.25, 0.3) is 15.9 Å². The number of hydrogen-bond donors (Lipinski definition) is 1. The van der Waals surface area contributed by atoms with Crippen LogP contribution in [0.5, 0.6) is 0 Å². The summed E-state index contributed by atoms with van der Waals surface area (Å²) < 4.78 is 2.99. The third-order valence-corrected chi connectivity index (χ3v) is 3.82. The fourth-order valence-electron chi connectivity index (χ4n) is 2.15. The summed E-state index contributed by atoms with van der Waals surface area (Å²) in [5, 5.41) is 5.52. The van der Waals surface area contributed by atoms with Crippen LogP contribution in [0.3, 0.4) is 0 Å². The van der Waals surface area contributed by atoms with E-state index in [-0.39, 0.29) is 0 Å². The predicted octanol–water partition coefficient (Wildman–Crippen LogP) is 2.99. The maximum atomic E-state index is 6.12. The van der Waals surface area contributed by atoms with Gasteiger partial charge in [0.25, 0.3) is 0 Å². The Morgan fingerprint density at radius 1 is 1.17 bits per heavy atom. The zero-order valence-corrected chi connectivity index (χ0v) is 11.4. The van der Waals surface area contributed by atoms with Gasteiger partial charge in [-0.15, -0.1) is 11.3 Å². The Hall–Kier alpha value is -1.88. The monoisotopic (exact) mass is 258 g/mol. The van der Waals surface area contributed by atoms with Gasteiger partial charge in [0.2, 0.25) is 0 Å². The highest BCUT2D eigenvalue weighted by Crippen LogP contribution is 2.29. The summed E-state index contributed by atoms with van der Waals surface area (Å²) in [7, 11) is 0. The van der Waals surface area contributed by atoms with Crippen molar-refractivity contribution in [1.82, 2.24) is 14.8 Å². The van der Waals surface area contributed by atoms with Crippen molar-refractivity contribution in [2.45, 2.75) is 20.8 Å². The van der Waals surface area contributed by atoms with Crippen LogP contribution in [-0.4, -0.2) is 14.8 Å². The van der Waals surface area contributed by atoms with Crippen molar-refractivity contribution in [3.8, 4) is 5.69 Å². The van der Waals surface area contributed by atoms with E-state index < -0.39 is 0 Å². The van der Waals surface area contributed by atoms with Gasteiger partial charge in [-0.05, 0) is 39.0 Å². The molecule has 2 heterocycles. The maximum absolute atomic E-state index is 6.12. The topological polar surface area (TPSA) is 56.7 Å². The zero-order chi connectivity index (χ0) is 12.9. The number of aromatic nitrogens is 3. The fraction of sp³-hybridized carbons (Fsp3) is 0.231. The molecule has 3 aromatic rings. The number of benzene rings is 1. The molecule has 0 amide bonds. The molecule has 0 aliphatic heterocycles. The number of rotatable bonds is 1. The third-order valence-electron chi connectivity index (χ3n) is 2.88. The SMILES string of the molecule is Cc1cc(C)n(-c2cc3nc(C)sc3cc2N)n1. The van der Waals surface area contributed by atoms with E-state index in [0.29, 0.717) is 0 Å². The molecular formula is C13H14N4S. The Morgan fingerprint density at radius 2 is 1.94 bits per heavy atom. The van der Waals surface area contributed by atoms with E-state index in [1.807, 2.05) is 43.7 Å². The minimum atomic E-state index is 0.734. The second kappa shape index (κ2) is 3.81. The molecule has 92 valence electrons. The van der Waals surface area contributed by atoms with Crippen LogP contribution in [0.15, 0.2) is 18.2 Å². The number of aryl methyl sites for hydroxylation is 3. The normalized spacial score (nSPS) is 11.3. The summed E-state index contributed by atoms with van der Waals surface area (Å²) in [5.74, 6) is 0. The first-order valence-corrected chi connectivity index (χ1v) is 6.56.